The summed E-state index contributed by atoms with van der Waals surface area (Å²) in [6, 6.07) is 15.4. The van der Waals surface area contributed by atoms with E-state index in [0.29, 0.717) is 18.4 Å². The van der Waals surface area contributed by atoms with Crippen molar-refractivity contribution in [3.8, 4) is 0 Å². The van der Waals surface area contributed by atoms with Crippen molar-refractivity contribution in [1.29, 1.82) is 0 Å². The Labute approximate surface area is 153 Å². The average Bonchev–Trinajstić information content (AvgIpc) is 2.60. The molecule has 1 unspecified atom stereocenters. The summed E-state index contributed by atoms with van der Waals surface area (Å²) in [6.45, 7) is 3.33. The third-order valence-electron chi connectivity index (χ3n) is 4.48. The molecule has 0 bridgehead atoms. The van der Waals surface area contributed by atoms with E-state index in [0.717, 1.165) is 5.56 Å². The molecular formula is C21H24FNO3. The Bertz CT molecular complexity index is 759. The van der Waals surface area contributed by atoms with Crippen LogP contribution >= 0.6 is 0 Å². The highest BCUT2D eigenvalue weighted by atomic mass is 19.1. The number of carboxylic acids is 1. The molecule has 2 aromatic carbocycles. The van der Waals surface area contributed by atoms with Crippen LogP contribution in [0.3, 0.4) is 0 Å². The Hall–Kier alpha value is -2.69. The van der Waals surface area contributed by atoms with Gasteiger partial charge in [-0.3, -0.25) is 9.59 Å². The van der Waals surface area contributed by atoms with E-state index in [4.69, 9.17) is 5.11 Å². The van der Waals surface area contributed by atoms with Gasteiger partial charge in [0, 0.05) is 18.0 Å². The molecule has 0 fully saturated rings. The van der Waals surface area contributed by atoms with Gasteiger partial charge in [0.1, 0.15) is 5.82 Å². The van der Waals surface area contributed by atoms with Gasteiger partial charge in [-0.1, -0.05) is 48.5 Å². The Morgan fingerprint density at radius 2 is 1.69 bits per heavy atom. The van der Waals surface area contributed by atoms with Gasteiger partial charge in [-0.05, 0) is 38.3 Å². The molecule has 1 atom stereocenters. The van der Waals surface area contributed by atoms with Crippen LogP contribution in [0.25, 0.3) is 0 Å². The van der Waals surface area contributed by atoms with E-state index in [-0.39, 0.29) is 18.4 Å². The highest BCUT2D eigenvalue weighted by Crippen LogP contribution is 2.26. The first-order chi connectivity index (χ1) is 12.3. The lowest BCUT2D eigenvalue weighted by atomic mass is 9.83. The minimum atomic E-state index is -1.07. The third-order valence-corrected chi connectivity index (χ3v) is 4.48. The zero-order valence-electron chi connectivity index (χ0n) is 15.0. The van der Waals surface area contributed by atoms with Crippen LogP contribution in [0.1, 0.15) is 37.8 Å². The van der Waals surface area contributed by atoms with E-state index < -0.39 is 17.2 Å². The molecule has 0 saturated heterocycles. The Balaban J connectivity index is 2.16. The smallest absolute Gasteiger partial charge is 0.303 e. The predicted octanol–water partition coefficient (Wildman–Crippen LogP) is 3.70. The van der Waals surface area contributed by atoms with Gasteiger partial charge in [-0.15, -0.1) is 0 Å². The van der Waals surface area contributed by atoms with Crippen molar-refractivity contribution in [3.63, 3.8) is 0 Å². The fourth-order valence-electron chi connectivity index (χ4n) is 2.88. The van der Waals surface area contributed by atoms with Crippen LogP contribution in [0.15, 0.2) is 54.6 Å². The maximum Gasteiger partial charge on any atom is 0.303 e. The first-order valence-corrected chi connectivity index (χ1v) is 8.62. The van der Waals surface area contributed by atoms with Gasteiger partial charge in [0.2, 0.25) is 5.91 Å². The number of amides is 1. The van der Waals surface area contributed by atoms with Gasteiger partial charge in [-0.25, -0.2) is 4.39 Å². The summed E-state index contributed by atoms with van der Waals surface area (Å²) in [5, 5.41) is 11.9. The van der Waals surface area contributed by atoms with E-state index in [1.54, 1.807) is 32.0 Å². The van der Waals surface area contributed by atoms with E-state index in [9.17, 15) is 14.0 Å². The van der Waals surface area contributed by atoms with E-state index >= 15 is 0 Å². The molecule has 1 amide bonds. The molecule has 0 spiro atoms. The Morgan fingerprint density at radius 1 is 1.08 bits per heavy atom. The molecule has 2 N–H and O–H groups in total. The molecule has 0 aliphatic carbocycles. The van der Waals surface area contributed by atoms with Crippen LogP contribution in [-0.4, -0.2) is 23.0 Å². The number of carboxylic acid groups (broad SMARTS) is 1. The van der Waals surface area contributed by atoms with Gasteiger partial charge >= 0.3 is 5.97 Å². The summed E-state index contributed by atoms with van der Waals surface area (Å²) >= 11 is 0. The molecule has 4 nitrogen and oxygen atoms in total. The van der Waals surface area contributed by atoms with Crippen LogP contribution < -0.4 is 5.32 Å². The van der Waals surface area contributed by atoms with Gasteiger partial charge in [0.05, 0.1) is 5.41 Å². The van der Waals surface area contributed by atoms with Crippen LogP contribution in [0.2, 0.25) is 0 Å². The fraction of sp³-hybridized carbons (Fsp3) is 0.333. The summed E-state index contributed by atoms with van der Waals surface area (Å²) in [5.41, 5.74) is 0.254. The van der Waals surface area contributed by atoms with E-state index in [1.165, 1.54) is 6.07 Å². The number of halogens is 1. The molecule has 0 radical (unpaired) electrons. The first-order valence-electron chi connectivity index (χ1n) is 8.62. The third kappa shape index (κ3) is 5.15. The standard InChI is InChI=1S/C21H24FNO3/c1-21(2,17-10-6-7-11-18(17)22)20(26)23-16(12-13-19(24)25)14-15-8-4-3-5-9-15/h3-11,16H,12-14H2,1-2H3,(H,23,26)(H,24,25). The van der Waals surface area contributed by atoms with Gasteiger partial charge in [0.25, 0.3) is 0 Å². The predicted molar refractivity (Wildman–Crippen MR) is 98.4 cm³/mol. The molecular weight excluding hydrogens is 333 g/mol. The Kier molecular flexibility index (Phi) is 6.50. The lowest BCUT2D eigenvalue weighted by Crippen LogP contribution is -2.46. The second kappa shape index (κ2) is 8.61. The fourth-order valence-corrected chi connectivity index (χ4v) is 2.88. The van der Waals surface area contributed by atoms with Crippen molar-refractivity contribution >= 4 is 11.9 Å². The highest BCUT2D eigenvalue weighted by molar-refractivity contribution is 5.87. The molecule has 0 aliphatic rings. The summed E-state index contributed by atoms with van der Waals surface area (Å²) in [4.78, 5) is 23.8. The van der Waals surface area contributed by atoms with Crippen molar-refractivity contribution < 1.29 is 19.1 Å². The highest BCUT2D eigenvalue weighted by Gasteiger charge is 2.33. The summed E-state index contributed by atoms with van der Waals surface area (Å²) in [6.07, 6.45) is 0.786. The number of aliphatic carboxylic acids is 1. The number of rotatable bonds is 8. The molecule has 0 heterocycles. The van der Waals surface area contributed by atoms with Crippen LogP contribution in [0.5, 0.6) is 0 Å². The summed E-state index contributed by atoms with van der Waals surface area (Å²) in [5.74, 6) is -1.67. The van der Waals surface area contributed by atoms with Crippen molar-refractivity contribution in [3.05, 3.63) is 71.5 Å². The van der Waals surface area contributed by atoms with Crippen molar-refractivity contribution in [1.82, 2.24) is 5.32 Å². The number of carbonyl (C=O) groups excluding carboxylic acids is 1. The maximum atomic E-state index is 14.1. The van der Waals surface area contributed by atoms with Crippen molar-refractivity contribution in [2.75, 3.05) is 0 Å². The topological polar surface area (TPSA) is 66.4 Å². The average molecular weight is 357 g/mol. The van der Waals surface area contributed by atoms with E-state index in [2.05, 4.69) is 5.32 Å². The van der Waals surface area contributed by atoms with Gasteiger partial charge in [-0.2, -0.15) is 0 Å². The monoisotopic (exact) mass is 357 g/mol. The molecule has 2 rings (SSSR count). The molecule has 0 aromatic heterocycles. The normalized spacial score (nSPS) is 12.4. The quantitative estimate of drug-likeness (QED) is 0.757. The number of carbonyl (C=O) groups is 2. The lowest BCUT2D eigenvalue weighted by molar-refractivity contribution is -0.137. The SMILES string of the molecule is CC(C)(C(=O)NC(CCC(=O)O)Cc1ccccc1)c1ccccc1F. The van der Waals surface area contributed by atoms with Crippen molar-refractivity contribution in [2.24, 2.45) is 0 Å². The minimum absolute atomic E-state index is 0.0437. The minimum Gasteiger partial charge on any atom is -0.481 e. The van der Waals surface area contributed by atoms with Crippen molar-refractivity contribution in [2.45, 2.75) is 44.6 Å². The largest absolute Gasteiger partial charge is 0.481 e. The number of nitrogens with one attached hydrogen (secondary N) is 1. The first kappa shape index (κ1) is 19.6. The zero-order chi connectivity index (χ0) is 19.2. The van der Waals surface area contributed by atoms with E-state index in [1.807, 2.05) is 30.3 Å². The molecule has 2 aromatic rings. The van der Waals surface area contributed by atoms with Gasteiger partial charge < -0.3 is 10.4 Å². The molecule has 0 saturated carbocycles. The number of benzene rings is 2. The van der Waals surface area contributed by atoms with Crippen LogP contribution in [0.4, 0.5) is 4.39 Å². The molecule has 5 heteroatoms. The molecule has 26 heavy (non-hydrogen) atoms. The zero-order valence-corrected chi connectivity index (χ0v) is 15.0. The van der Waals surface area contributed by atoms with Crippen LogP contribution in [0, 0.1) is 5.82 Å². The number of hydrogen-bond donors (Lipinski definition) is 2. The Morgan fingerprint density at radius 3 is 2.31 bits per heavy atom. The molecule has 0 aliphatic heterocycles. The molecule has 138 valence electrons. The second-order valence-electron chi connectivity index (χ2n) is 6.90. The second-order valence-corrected chi connectivity index (χ2v) is 6.90. The summed E-state index contributed by atoms with van der Waals surface area (Å²) in [7, 11) is 0. The van der Waals surface area contributed by atoms with Gasteiger partial charge in [0.15, 0.2) is 0 Å². The number of hydrogen-bond acceptors (Lipinski definition) is 2. The summed E-state index contributed by atoms with van der Waals surface area (Å²) < 4.78 is 14.1. The lowest BCUT2D eigenvalue weighted by Gasteiger charge is -2.28. The van der Waals surface area contributed by atoms with Crippen LogP contribution in [-0.2, 0) is 21.4 Å². The maximum absolute atomic E-state index is 14.1.